The second kappa shape index (κ2) is 3.85. The van der Waals surface area contributed by atoms with Gasteiger partial charge in [-0.25, -0.2) is 0 Å². The molecule has 1 unspecified atom stereocenters. The maximum Gasteiger partial charge on any atom is 0.465 e. The number of aryl methyl sites for hydroxylation is 1. The van der Waals surface area contributed by atoms with Gasteiger partial charge in [-0.2, -0.15) is 0 Å². The van der Waals surface area contributed by atoms with E-state index in [9.17, 15) is 0 Å². The Kier molecular flexibility index (Phi) is 2.62. The molecule has 1 fully saturated rings. The van der Waals surface area contributed by atoms with Crippen molar-refractivity contribution in [3.05, 3.63) is 35.4 Å². The zero-order valence-electron chi connectivity index (χ0n) is 11.7. The molecule has 0 radical (unpaired) electrons. The maximum atomic E-state index is 6.18. The third-order valence-electron chi connectivity index (χ3n) is 4.78. The van der Waals surface area contributed by atoms with E-state index in [0.29, 0.717) is 5.82 Å². The summed E-state index contributed by atoms with van der Waals surface area (Å²) in [5.41, 5.74) is 2.41. The van der Waals surface area contributed by atoms with E-state index in [4.69, 9.17) is 9.31 Å². The minimum atomic E-state index is -0.227. The van der Waals surface area contributed by atoms with E-state index >= 15 is 0 Å². The monoisotopic (exact) mass is 244 g/mol. The van der Waals surface area contributed by atoms with Crippen LogP contribution < -0.4 is 0 Å². The summed E-state index contributed by atoms with van der Waals surface area (Å²) >= 11 is 0. The van der Waals surface area contributed by atoms with Crippen LogP contribution in [-0.2, 0) is 15.7 Å². The first-order valence-electron chi connectivity index (χ1n) is 6.84. The number of fused-ring (bicyclic) bond motifs is 1. The SMILES string of the molecule is CC1(C)OB(C2CCc3ccccc32)OC1(C)C. The van der Waals surface area contributed by atoms with Crippen molar-refractivity contribution in [1.29, 1.82) is 0 Å². The van der Waals surface area contributed by atoms with Crippen molar-refractivity contribution in [2.45, 2.75) is 57.6 Å². The molecule has 0 saturated carbocycles. The molecule has 1 aromatic carbocycles. The predicted octanol–water partition coefficient (Wildman–Crippen LogP) is 3.35. The van der Waals surface area contributed by atoms with Gasteiger partial charge in [-0.15, -0.1) is 0 Å². The summed E-state index contributed by atoms with van der Waals surface area (Å²) in [6, 6.07) is 8.67. The number of hydrogen-bond donors (Lipinski definition) is 0. The van der Waals surface area contributed by atoms with Crippen LogP contribution in [0.25, 0.3) is 0 Å². The second-order valence-corrected chi connectivity index (χ2v) is 6.47. The highest BCUT2D eigenvalue weighted by Gasteiger charge is 2.54. The van der Waals surface area contributed by atoms with Crippen molar-refractivity contribution < 1.29 is 9.31 Å². The van der Waals surface area contributed by atoms with Crippen LogP contribution in [0.4, 0.5) is 0 Å². The van der Waals surface area contributed by atoms with E-state index in [1.54, 1.807) is 0 Å². The topological polar surface area (TPSA) is 18.5 Å². The maximum absolute atomic E-state index is 6.18. The Bertz CT molecular complexity index is 451. The first kappa shape index (κ1) is 12.2. The molecule has 1 aliphatic heterocycles. The van der Waals surface area contributed by atoms with Crippen molar-refractivity contribution in [1.82, 2.24) is 0 Å². The zero-order valence-corrected chi connectivity index (χ0v) is 11.7. The molecule has 1 saturated heterocycles. The highest BCUT2D eigenvalue weighted by molar-refractivity contribution is 6.47. The molecule has 1 aliphatic carbocycles. The Labute approximate surface area is 110 Å². The molecule has 0 N–H and O–H groups in total. The largest absolute Gasteiger partial charge is 0.465 e. The van der Waals surface area contributed by atoms with Gasteiger partial charge in [0.25, 0.3) is 0 Å². The molecule has 1 atom stereocenters. The van der Waals surface area contributed by atoms with E-state index in [-0.39, 0.29) is 18.3 Å². The lowest BCUT2D eigenvalue weighted by Crippen LogP contribution is -2.41. The van der Waals surface area contributed by atoms with Gasteiger partial charge < -0.3 is 9.31 Å². The molecular formula is C15H21BO2. The Balaban J connectivity index is 1.87. The summed E-state index contributed by atoms with van der Waals surface area (Å²) in [6.07, 6.45) is 2.28. The third-order valence-corrected chi connectivity index (χ3v) is 4.78. The molecule has 3 heteroatoms. The molecule has 18 heavy (non-hydrogen) atoms. The fraction of sp³-hybridized carbons (Fsp3) is 0.600. The van der Waals surface area contributed by atoms with Crippen molar-refractivity contribution in [3.63, 3.8) is 0 Å². The summed E-state index contributed by atoms with van der Waals surface area (Å²) in [5.74, 6) is 0.391. The van der Waals surface area contributed by atoms with Gasteiger partial charge in [0.2, 0.25) is 0 Å². The summed E-state index contributed by atoms with van der Waals surface area (Å²) in [5, 5.41) is 0. The lowest BCUT2D eigenvalue weighted by molar-refractivity contribution is 0.00578. The molecule has 2 nitrogen and oxygen atoms in total. The van der Waals surface area contributed by atoms with E-state index in [2.05, 4.69) is 52.0 Å². The minimum Gasteiger partial charge on any atom is -0.403 e. The Morgan fingerprint density at radius 1 is 1.06 bits per heavy atom. The van der Waals surface area contributed by atoms with E-state index in [1.165, 1.54) is 11.1 Å². The van der Waals surface area contributed by atoms with Gasteiger partial charge in [0.15, 0.2) is 0 Å². The van der Waals surface area contributed by atoms with Crippen molar-refractivity contribution >= 4 is 7.12 Å². The molecular weight excluding hydrogens is 223 g/mol. The molecule has 1 aromatic rings. The number of benzene rings is 1. The lowest BCUT2D eigenvalue weighted by atomic mass is 9.68. The van der Waals surface area contributed by atoms with Gasteiger partial charge in [0, 0.05) is 5.82 Å². The van der Waals surface area contributed by atoms with Crippen molar-refractivity contribution in [2.24, 2.45) is 0 Å². The first-order valence-corrected chi connectivity index (χ1v) is 6.84. The van der Waals surface area contributed by atoms with E-state index < -0.39 is 0 Å². The zero-order chi connectivity index (χ0) is 13.0. The van der Waals surface area contributed by atoms with Gasteiger partial charge in [-0.3, -0.25) is 0 Å². The van der Waals surface area contributed by atoms with Crippen LogP contribution in [0.1, 0.15) is 51.1 Å². The van der Waals surface area contributed by atoms with Crippen LogP contribution in [0.3, 0.4) is 0 Å². The number of hydrogen-bond acceptors (Lipinski definition) is 2. The van der Waals surface area contributed by atoms with Crippen LogP contribution in [0, 0.1) is 0 Å². The van der Waals surface area contributed by atoms with Crippen molar-refractivity contribution in [2.75, 3.05) is 0 Å². The Morgan fingerprint density at radius 3 is 2.33 bits per heavy atom. The average Bonchev–Trinajstić information content (AvgIpc) is 2.78. The fourth-order valence-corrected chi connectivity index (χ4v) is 2.93. The van der Waals surface area contributed by atoms with Gasteiger partial charge in [-0.05, 0) is 51.7 Å². The first-order chi connectivity index (χ1) is 8.41. The molecule has 1 heterocycles. The van der Waals surface area contributed by atoms with E-state index in [1.807, 2.05) is 0 Å². The normalized spacial score (nSPS) is 28.4. The minimum absolute atomic E-state index is 0.0985. The Morgan fingerprint density at radius 2 is 1.67 bits per heavy atom. The fourth-order valence-electron chi connectivity index (χ4n) is 2.93. The Hall–Kier alpha value is -0.795. The quantitative estimate of drug-likeness (QED) is 0.705. The van der Waals surface area contributed by atoms with Crippen LogP contribution >= 0.6 is 0 Å². The molecule has 0 aromatic heterocycles. The number of rotatable bonds is 1. The summed E-state index contributed by atoms with van der Waals surface area (Å²) < 4.78 is 12.4. The lowest BCUT2D eigenvalue weighted by Gasteiger charge is -2.32. The van der Waals surface area contributed by atoms with Crippen molar-refractivity contribution in [3.8, 4) is 0 Å². The molecule has 96 valence electrons. The highest BCUT2D eigenvalue weighted by Crippen LogP contribution is 2.44. The standard InChI is InChI=1S/C15H21BO2/c1-14(2)15(3,4)18-16(17-14)13-10-9-11-7-5-6-8-12(11)13/h5-8,13H,9-10H2,1-4H3. The molecule has 2 aliphatic rings. The second-order valence-electron chi connectivity index (χ2n) is 6.47. The van der Waals surface area contributed by atoms with Crippen LogP contribution in [0.5, 0.6) is 0 Å². The molecule has 3 rings (SSSR count). The van der Waals surface area contributed by atoms with Gasteiger partial charge in [-0.1, -0.05) is 24.3 Å². The highest BCUT2D eigenvalue weighted by atomic mass is 16.7. The van der Waals surface area contributed by atoms with Gasteiger partial charge in [0.1, 0.15) is 0 Å². The molecule has 0 bridgehead atoms. The summed E-state index contributed by atoms with van der Waals surface area (Å²) in [6.45, 7) is 8.48. The van der Waals surface area contributed by atoms with E-state index in [0.717, 1.165) is 12.8 Å². The molecule has 0 spiro atoms. The molecule has 0 amide bonds. The summed E-state index contributed by atoms with van der Waals surface area (Å²) in [4.78, 5) is 0. The van der Waals surface area contributed by atoms with Crippen LogP contribution in [-0.4, -0.2) is 18.3 Å². The summed E-state index contributed by atoms with van der Waals surface area (Å²) in [7, 11) is -0.0985. The smallest absolute Gasteiger partial charge is 0.403 e. The van der Waals surface area contributed by atoms with Crippen LogP contribution in [0.15, 0.2) is 24.3 Å². The van der Waals surface area contributed by atoms with Gasteiger partial charge in [0.05, 0.1) is 11.2 Å². The average molecular weight is 244 g/mol. The van der Waals surface area contributed by atoms with Crippen LogP contribution in [0.2, 0.25) is 0 Å². The third kappa shape index (κ3) is 1.72. The van der Waals surface area contributed by atoms with Gasteiger partial charge >= 0.3 is 7.12 Å². The predicted molar refractivity (Wildman–Crippen MR) is 73.6 cm³/mol.